The van der Waals surface area contributed by atoms with Gasteiger partial charge in [-0.15, -0.1) is 11.3 Å². The maximum atomic E-state index is 12.9. The Bertz CT molecular complexity index is 389. The Balaban J connectivity index is 1.93. The van der Waals surface area contributed by atoms with Crippen LogP contribution in [-0.4, -0.2) is 17.2 Å². The van der Waals surface area contributed by atoms with Gasteiger partial charge < -0.3 is 5.32 Å². The number of hydrogen-bond acceptors (Lipinski definition) is 3. The lowest BCUT2D eigenvalue weighted by molar-refractivity contribution is -0.189. The van der Waals surface area contributed by atoms with Crippen LogP contribution in [0.15, 0.2) is 6.20 Å². The zero-order chi connectivity index (χ0) is 13.2. The fourth-order valence-corrected chi connectivity index (χ4v) is 3.21. The summed E-state index contributed by atoms with van der Waals surface area (Å²) in [4.78, 5) is 5.25. The summed E-state index contributed by atoms with van der Waals surface area (Å²) in [6.07, 6.45) is 0.0765. The molecule has 2 atom stereocenters. The Morgan fingerprint density at radius 1 is 1.39 bits per heavy atom. The van der Waals surface area contributed by atoms with E-state index in [9.17, 15) is 13.2 Å². The van der Waals surface area contributed by atoms with Crippen molar-refractivity contribution in [1.82, 2.24) is 10.3 Å². The summed E-state index contributed by atoms with van der Waals surface area (Å²) in [7, 11) is 0. The Labute approximate surface area is 109 Å². The molecule has 102 valence electrons. The van der Waals surface area contributed by atoms with E-state index in [1.807, 2.05) is 6.92 Å². The van der Waals surface area contributed by atoms with Gasteiger partial charge in [0.1, 0.15) is 5.01 Å². The van der Waals surface area contributed by atoms with Crippen LogP contribution in [0.4, 0.5) is 13.2 Å². The number of alkyl halides is 3. The van der Waals surface area contributed by atoms with Crippen molar-refractivity contribution in [2.24, 2.45) is 5.92 Å². The Hall–Kier alpha value is -0.620. The summed E-state index contributed by atoms with van der Waals surface area (Å²) in [5.41, 5.74) is 0. The van der Waals surface area contributed by atoms with Gasteiger partial charge in [0.05, 0.1) is 5.92 Å². The molecule has 2 nitrogen and oxygen atoms in total. The van der Waals surface area contributed by atoms with Crippen LogP contribution in [0.1, 0.15) is 35.6 Å². The Kier molecular flexibility index (Phi) is 4.27. The SMILES string of the molecule is Cc1cnc(CNC2CCCCC2C(F)(F)F)s1. The lowest BCUT2D eigenvalue weighted by Crippen LogP contribution is -2.45. The maximum Gasteiger partial charge on any atom is 0.393 e. The predicted molar refractivity (Wildman–Crippen MR) is 65.5 cm³/mol. The van der Waals surface area contributed by atoms with Crippen LogP contribution >= 0.6 is 11.3 Å². The van der Waals surface area contributed by atoms with Crippen LogP contribution in [0.3, 0.4) is 0 Å². The van der Waals surface area contributed by atoms with E-state index in [1.165, 1.54) is 11.3 Å². The highest BCUT2D eigenvalue weighted by atomic mass is 32.1. The first-order valence-electron chi connectivity index (χ1n) is 6.18. The second kappa shape index (κ2) is 5.57. The predicted octanol–water partition coefficient (Wildman–Crippen LogP) is 3.66. The van der Waals surface area contributed by atoms with Crippen molar-refractivity contribution in [3.8, 4) is 0 Å². The standard InChI is InChI=1S/C12H17F3N2S/c1-8-6-17-11(18-8)7-16-10-5-3-2-4-9(10)12(13,14)15/h6,9-10,16H,2-5,7H2,1H3. The zero-order valence-corrected chi connectivity index (χ0v) is 11.1. The van der Waals surface area contributed by atoms with Gasteiger partial charge in [0.15, 0.2) is 0 Å². The van der Waals surface area contributed by atoms with Crippen LogP contribution in [0.2, 0.25) is 0 Å². The first-order valence-corrected chi connectivity index (χ1v) is 7.00. The highest BCUT2D eigenvalue weighted by Crippen LogP contribution is 2.37. The molecule has 0 radical (unpaired) electrons. The van der Waals surface area contributed by atoms with Gasteiger partial charge in [0, 0.05) is 23.7 Å². The number of rotatable bonds is 3. The summed E-state index contributed by atoms with van der Waals surface area (Å²) < 4.78 is 38.6. The van der Waals surface area contributed by atoms with Gasteiger partial charge in [-0.05, 0) is 19.8 Å². The quantitative estimate of drug-likeness (QED) is 0.912. The summed E-state index contributed by atoms with van der Waals surface area (Å²) in [5.74, 6) is -1.20. The van der Waals surface area contributed by atoms with E-state index in [-0.39, 0.29) is 6.42 Å². The minimum atomic E-state index is -4.09. The van der Waals surface area contributed by atoms with E-state index in [2.05, 4.69) is 10.3 Å². The van der Waals surface area contributed by atoms with Gasteiger partial charge in [-0.2, -0.15) is 13.2 Å². The molecule has 6 heteroatoms. The molecule has 1 aliphatic carbocycles. The number of aromatic nitrogens is 1. The van der Waals surface area contributed by atoms with E-state index >= 15 is 0 Å². The van der Waals surface area contributed by atoms with Gasteiger partial charge in [0.25, 0.3) is 0 Å². The Morgan fingerprint density at radius 3 is 2.72 bits per heavy atom. The summed E-state index contributed by atoms with van der Waals surface area (Å²) in [6, 6.07) is -0.456. The number of hydrogen-bond donors (Lipinski definition) is 1. The topological polar surface area (TPSA) is 24.9 Å². The molecule has 0 aromatic carbocycles. The first-order chi connectivity index (χ1) is 8.47. The zero-order valence-electron chi connectivity index (χ0n) is 10.3. The average molecular weight is 278 g/mol. The third kappa shape index (κ3) is 3.45. The van der Waals surface area contributed by atoms with Crippen molar-refractivity contribution >= 4 is 11.3 Å². The molecule has 2 rings (SSSR count). The third-order valence-electron chi connectivity index (χ3n) is 3.37. The second-order valence-electron chi connectivity index (χ2n) is 4.78. The maximum absolute atomic E-state index is 12.9. The molecule has 1 N–H and O–H groups in total. The normalized spacial score (nSPS) is 25.3. The van der Waals surface area contributed by atoms with Crippen molar-refractivity contribution in [3.05, 3.63) is 16.1 Å². The largest absolute Gasteiger partial charge is 0.393 e. The monoisotopic (exact) mass is 278 g/mol. The number of aryl methyl sites for hydroxylation is 1. The molecule has 0 saturated heterocycles. The average Bonchev–Trinajstić information content (AvgIpc) is 2.72. The summed E-state index contributed by atoms with van der Waals surface area (Å²) in [5, 5.41) is 3.90. The fourth-order valence-electron chi connectivity index (χ4n) is 2.47. The molecule has 0 bridgehead atoms. The molecule has 0 spiro atoms. The Morgan fingerprint density at radius 2 is 2.11 bits per heavy atom. The van der Waals surface area contributed by atoms with Crippen molar-refractivity contribution in [2.45, 2.75) is 51.4 Å². The molecule has 0 aliphatic heterocycles. The lowest BCUT2D eigenvalue weighted by Gasteiger charge is -2.33. The third-order valence-corrected chi connectivity index (χ3v) is 4.28. The van der Waals surface area contributed by atoms with Crippen LogP contribution in [0.25, 0.3) is 0 Å². The molecule has 1 aromatic heterocycles. The molecule has 1 saturated carbocycles. The van der Waals surface area contributed by atoms with Gasteiger partial charge in [-0.1, -0.05) is 12.8 Å². The molecular weight excluding hydrogens is 261 g/mol. The molecule has 1 heterocycles. The van der Waals surface area contributed by atoms with E-state index in [0.717, 1.165) is 16.3 Å². The van der Waals surface area contributed by atoms with Crippen molar-refractivity contribution in [3.63, 3.8) is 0 Å². The number of halogens is 3. The van der Waals surface area contributed by atoms with Crippen molar-refractivity contribution in [1.29, 1.82) is 0 Å². The number of nitrogens with zero attached hydrogens (tertiary/aromatic N) is 1. The first kappa shape index (κ1) is 13.8. The van der Waals surface area contributed by atoms with Gasteiger partial charge >= 0.3 is 6.18 Å². The van der Waals surface area contributed by atoms with E-state index in [0.29, 0.717) is 19.4 Å². The smallest absolute Gasteiger partial charge is 0.307 e. The highest BCUT2D eigenvalue weighted by molar-refractivity contribution is 7.11. The number of nitrogens with one attached hydrogen (secondary N) is 1. The minimum absolute atomic E-state index is 0.248. The lowest BCUT2D eigenvalue weighted by atomic mass is 9.84. The van der Waals surface area contributed by atoms with Gasteiger partial charge in [-0.3, -0.25) is 0 Å². The molecule has 2 unspecified atom stereocenters. The number of thiazole rings is 1. The van der Waals surface area contributed by atoms with E-state index in [4.69, 9.17) is 0 Å². The van der Waals surface area contributed by atoms with Crippen LogP contribution in [-0.2, 0) is 6.54 Å². The van der Waals surface area contributed by atoms with E-state index < -0.39 is 18.1 Å². The molecule has 1 fully saturated rings. The molecule has 1 aromatic rings. The molecule has 18 heavy (non-hydrogen) atoms. The van der Waals surface area contributed by atoms with Gasteiger partial charge in [0.2, 0.25) is 0 Å². The molecular formula is C12H17F3N2S. The highest BCUT2D eigenvalue weighted by Gasteiger charge is 2.45. The van der Waals surface area contributed by atoms with Crippen LogP contribution < -0.4 is 5.32 Å². The van der Waals surface area contributed by atoms with Gasteiger partial charge in [-0.25, -0.2) is 4.98 Å². The summed E-state index contributed by atoms with van der Waals surface area (Å²) in [6.45, 7) is 2.38. The second-order valence-corrected chi connectivity index (χ2v) is 6.10. The van der Waals surface area contributed by atoms with Crippen molar-refractivity contribution < 1.29 is 13.2 Å². The summed E-state index contributed by atoms with van der Waals surface area (Å²) >= 11 is 1.53. The van der Waals surface area contributed by atoms with Crippen LogP contribution in [0.5, 0.6) is 0 Å². The van der Waals surface area contributed by atoms with E-state index in [1.54, 1.807) is 6.20 Å². The molecule has 0 amide bonds. The van der Waals surface area contributed by atoms with Crippen LogP contribution in [0, 0.1) is 12.8 Å². The van der Waals surface area contributed by atoms with Crippen molar-refractivity contribution in [2.75, 3.05) is 0 Å². The molecule has 1 aliphatic rings. The minimum Gasteiger partial charge on any atom is -0.307 e. The fraction of sp³-hybridized carbons (Fsp3) is 0.750.